The normalized spacial score (nSPS) is 12.2. The van der Waals surface area contributed by atoms with Crippen LogP contribution in [0.3, 0.4) is 0 Å². The molecular formula is C12H6Cl3F4N3O. The molecule has 0 amide bonds. The number of nitrogens with zero attached hydrogens (tertiary/aromatic N) is 3. The monoisotopic (exact) mass is 389 g/mol. The second-order valence-corrected chi connectivity index (χ2v) is 5.21. The molecule has 1 heterocycles. The minimum atomic E-state index is -4.74. The SMILES string of the molecule is Cn1nc(-c2cc(C=NOCl)c(Cl)cc2F)c(Cl)c1C(F)(F)F. The Labute approximate surface area is 142 Å². The van der Waals surface area contributed by atoms with E-state index in [1.54, 1.807) is 0 Å². The van der Waals surface area contributed by atoms with Gasteiger partial charge in [0.15, 0.2) is 17.6 Å². The minimum absolute atomic E-state index is 0.0492. The second kappa shape index (κ2) is 6.54. The van der Waals surface area contributed by atoms with Crippen LogP contribution in [0, 0.1) is 5.82 Å². The summed E-state index contributed by atoms with van der Waals surface area (Å²) in [6.07, 6.45) is -3.68. The van der Waals surface area contributed by atoms with Crippen LogP contribution in [-0.4, -0.2) is 16.0 Å². The Bertz CT molecular complexity index is 774. The number of hydrogen-bond donors (Lipinski definition) is 0. The molecule has 124 valence electrons. The molecule has 23 heavy (non-hydrogen) atoms. The lowest BCUT2D eigenvalue weighted by atomic mass is 10.1. The van der Waals surface area contributed by atoms with Crippen molar-refractivity contribution < 1.29 is 22.0 Å². The van der Waals surface area contributed by atoms with Gasteiger partial charge in [0.05, 0.1) is 16.3 Å². The lowest BCUT2D eigenvalue weighted by Crippen LogP contribution is -2.12. The third kappa shape index (κ3) is 3.54. The van der Waals surface area contributed by atoms with Gasteiger partial charge < -0.3 is 0 Å². The van der Waals surface area contributed by atoms with E-state index < -0.39 is 22.7 Å². The van der Waals surface area contributed by atoms with Crippen molar-refractivity contribution in [3.63, 3.8) is 0 Å². The van der Waals surface area contributed by atoms with Gasteiger partial charge in [-0.05, 0) is 12.1 Å². The Kier molecular flexibility index (Phi) is 5.07. The summed E-state index contributed by atoms with van der Waals surface area (Å²) >= 11 is 16.5. The summed E-state index contributed by atoms with van der Waals surface area (Å²) in [6.45, 7) is 0. The van der Waals surface area contributed by atoms with Gasteiger partial charge in [-0.1, -0.05) is 28.4 Å². The van der Waals surface area contributed by atoms with Crippen molar-refractivity contribution in [2.45, 2.75) is 6.18 Å². The fourth-order valence-electron chi connectivity index (χ4n) is 1.90. The summed E-state index contributed by atoms with van der Waals surface area (Å²) in [5.74, 6) is -0.896. The number of oxime groups is 1. The lowest BCUT2D eigenvalue weighted by Gasteiger charge is -2.06. The molecule has 0 aliphatic rings. The average Bonchev–Trinajstić information content (AvgIpc) is 2.72. The average molecular weight is 391 g/mol. The van der Waals surface area contributed by atoms with Gasteiger partial charge in [0.1, 0.15) is 11.5 Å². The first-order chi connectivity index (χ1) is 10.7. The van der Waals surface area contributed by atoms with Crippen LogP contribution in [0.5, 0.6) is 0 Å². The van der Waals surface area contributed by atoms with Gasteiger partial charge in [-0.2, -0.15) is 18.3 Å². The van der Waals surface area contributed by atoms with E-state index >= 15 is 0 Å². The Balaban J connectivity index is 2.66. The maximum atomic E-state index is 14.1. The molecule has 0 saturated heterocycles. The molecule has 11 heteroatoms. The van der Waals surface area contributed by atoms with Crippen molar-refractivity contribution in [2.24, 2.45) is 12.2 Å². The number of alkyl halides is 3. The Hall–Kier alpha value is -1.51. The molecule has 0 radical (unpaired) electrons. The highest BCUT2D eigenvalue weighted by Gasteiger charge is 2.39. The van der Waals surface area contributed by atoms with Gasteiger partial charge in [-0.15, -0.1) is 0 Å². The van der Waals surface area contributed by atoms with Crippen molar-refractivity contribution >= 4 is 41.3 Å². The summed E-state index contributed by atoms with van der Waals surface area (Å²) in [7, 11) is 1.05. The molecule has 1 aromatic carbocycles. The number of hydrogen-bond acceptors (Lipinski definition) is 3. The number of rotatable bonds is 3. The Morgan fingerprint density at radius 3 is 2.48 bits per heavy atom. The van der Waals surface area contributed by atoms with Crippen LogP contribution in [0.1, 0.15) is 11.3 Å². The van der Waals surface area contributed by atoms with Crippen LogP contribution >= 0.6 is 35.1 Å². The molecule has 4 nitrogen and oxygen atoms in total. The molecule has 0 aliphatic heterocycles. The highest BCUT2D eigenvalue weighted by Crippen LogP contribution is 2.40. The van der Waals surface area contributed by atoms with Crippen LogP contribution in [-0.2, 0) is 17.6 Å². The van der Waals surface area contributed by atoms with E-state index in [-0.39, 0.29) is 21.8 Å². The van der Waals surface area contributed by atoms with Gasteiger partial charge in [0.25, 0.3) is 0 Å². The summed E-state index contributed by atoms with van der Waals surface area (Å²) in [5, 5.41) is 6.11. The van der Waals surface area contributed by atoms with E-state index in [0.29, 0.717) is 4.68 Å². The van der Waals surface area contributed by atoms with Crippen molar-refractivity contribution in [3.8, 4) is 11.3 Å². The Morgan fingerprint density at radius 1 is 1.30 bits per heavy atom. The highest BCUT2D eigenvalue weighted by atomic mass is 35.5. The molecule has 0 fully saturated rings. The quantitative estimate of drug-likeness (QED) is 0.418. The van der Waals surface area contributed by atoms with E-state index in [0.717, 1.165) is 25.4 Å². The van der Waals surface area contributed by atoms with Gasteiger partial charge in [0, 0.05) is 18.2 Å². The predicted molar refractivity (Wildman–Crippen MR) is 78.2 cm³/mol. The molecule has 0 unspecified atom stereocenters. The first-order valence-electron chi connectivity index (χ1n) is 5.77. The molecular weight excluding hydrogens is 385 g/mol. The van der Waals surface area contributed by atoms with E-state index in [4.69, 9.17) is 35.1 Å². The molecule has 0 atom stereocenters. The van der Waals surface area contributed by atoms with Crippen molar-refractivity contribution in [1.29, 1.82) is 0 Å². The summed E-state index contributed by atoms with van der Waals surface area (Å²) in [5.41, 5.74) is -1.69. The first kappa shape index (κ1) is 17.8. The van der Waals surface area contributed by atoms with Crippen LogP contribution < -0.4 is 0 Å². The van der Waals surface area contributed by atoms with Gasteiger partial charge in [-0.3, -0.25) is 9.07 Å². The molecule has 0 spiro atoms. The number of benzene rings is 1. The second-order valence-electron chi connectivity index (χ2n) is 4.29. The van der Waals surface area contributed by atoms with E-state index in [1.807, 2.05) is 0 Å². The van der Waals surface area contributed by atoms with Crippen molar-refractivity contribution in [3.05, 3.63) is 39.3 Å². The van der Waals surface area contributed by atoms with Gasteiger partial charge >= 0.3 is 6.18 Å². The molecule has 0 N–H and O–H groups in total. The molecule has 0 bridgehead atoms. The van der Waals surface area contributed by atoms with Crippen molar-refractivity contribution in [1.82, 2.24) is 9.78 Å². The molecule has 2 aromatic rings. The summed E-state index contributed by atoms with van der Waals surface area (Å²) in [4.78, 5) is 0. The van der Waals surface area contributed by atoms with Gasteiger partial charge in [0.2, 0.25) is 0 Å². The standard InChI is InChI=1S/C12H6Cl3F4N3O/c1-22-11(12(17,18)19)9(14)10(21-22)6-2-5(4-20-23-15)7(13)3-8(6)16/h2-4H,1H3. The van der Waals surface area contributed by atoms with E-state index in [9.17, 15) is 17.6 Å². The predicted octanol–water partition coefficient (Wildman–Crippen LogP) is 5.06. The van der Waals surface area contributed by atoms with E-state index in [1.165, 1.54) is 0 Å². The Morgan fingerprint density at radius 2 is 1.96 bits per heavy atom. The molecule has 0 saturated carbocycles. The van der Waals surface area contributed by atoms with Crippen molar-refractivity contribution in [2.75, 3.05) is 0 Å². The number of aryl methyl sites for hydroxylation is 1. The molecule has 0 aliphatic carbocycles. The lowest BCUT2D eigenvalue weighted by molar-refractivity contribution is -0.143. The minimum Gasteiger partial charge on any atom is -0.277 e. The maximum Gasteiger partial charge on any atom is 0.434 e. The van der Waals surface area contributed by atoms with Crippen LogP contribution in [0.15, 0.2) is 17.3 Å². The summed E-state index contributed by atoms with van der Waals surface area (Å²) < 4.78 is 57.4. The van der Waals surface area contributed by atoms with Crippen LogP contribution in [0.25, 0.3) is 11.3 Å². The molecule has 1 aromatic heterocycles. The van der Waals surface area contributed by atoms with Gasteiger partial charge in [-0.25, -0.2) is 4.39 Å². The maximum absolute atomic E-state index is 14.1. The third-order valence-electron chi connectivity index (χ3n) is 2.83. The third-order valence-corrected chi connectivity index (χ3v) is 3.60. The van der Waals surface area contributed by atoms with E-state index in [2.05, 4.69) is 14.6 Å². The fraction of sp³-hybridized carbons (Fsp3) is 0.167. The first-order valence-corrected chi connectivity index (χ1v) is 6.83. The summed E-state index contributed by atoms with van der Waals surface area (Å²) in [6, 6.07) is 2.02. The zero-order chi connectivity index (χ0) is 17.4. The highest BCUT2D eigenvalue weighted by molar-refractivity contribution is 6.34. The number of aromatic nitrogens is 2. The zero-order valence-electron chi connectivity index (χ0n) is 11.1. The van der Waals surface area contributed by atoms with Crippen LogP contribution in [0.2, 0.25) is 10.0 Å². The van der Waals surface area contributed by atoms with Crippen LogP contribution in [0.4, 0.5) is 17.6 Å². The zero-order valence-corrected chi connectivity index (χ0v) is 13.4. The molecule has 2 rings (SSSR count). The number of halogens is 7. The topological polar surface area (TPSA) is 39.4 Å². The smallest absolute Gasteiger partial charge is 0.277 e. The largest absolute Gasteiger partial charge is 0.434 e. The fourth-order valence-corrected chi connectivity index (χ4v) is 2.51.